The molecule has 0 radical (unpaired) electrons. The first kappa shape index (κ1) is 21.6. The van der Waals surface area contributed by atoms with Crippen LogP contribution < -0.4 is 10.8 Å². The van der Waals surface area contributed by atoms with Crippen LogP contribution in [0, 0.1) is 19.3 Å². The number of terminal acetylenes is 1. The second-order valence-electron chi connectivity index (χ2n) is 7.75. The first-order valence-corrected chi connectivity index (χ1v) is 10.2. The Morgan fingerprint density at radius 2 is 1.66 bits per heavy atom. The van der Waals surface area contributed by atoms with Crippen LogP contribution in [0.25, 0.3) is 11.1 Å². The number of amides is 1. The topological polar surface area (TPSA) is 38.3 Å². The molecule has 0 unspecified atom stereocenters. The number of ether oxygens (including phenoxy) is 1. The van der Waals surface area contributed by atoms with E-state index in [0.717, 1.165) is 28.3 Å². The fourth-order valence-electron chi connectivity index (χ4n) is 4.22. The molecule has 3 aromatic rings. The number of carbonyl (C=O) groups excluding carboxylic acids is 1. The highest BCUT2D eigenvalue weighted by molar-refractivity contribution is 6.74. The summed E-state index contributed by atoms with van der Waals surface area (Å²) in [4.78, 5) is 12.4. The molecule has 7 heteroatoms. The van der Waals surface area contributed by atoms with Crippen LogP contribution in [0.1, 0.15) is 33.7 Å². The molecule has 32 heavy (non-hydrogen) atoms. The summed E-state index contributed by atoms with van der Waals surface area (Å²) in [6.07, 6.45) is 4.61. The Hall–Kier alpha value is -3.66. The van der Waals surface area contributed by atoms with Gasteiger partial charge in [-0.05, 0) is 40.8 Å². The predicted octanol–water partition coefficient (Wildman–Crippen LogP) is 5.07. The first-order chi connectivity index (χ1) is 15.3. The van der Waals surface area contributed by atoms with Gasteiger partial charge in [-0.2, -0.15) is 0 Å². The smallest absolute Gasteiger partial charge is 0.449 e. The quantitative estimate of drug-likeness (QED) is 0.450. The highest BCUT2D eigenvalue weighted by atomic mass is 19.4. The molecule has 3 nitrogen and oxygen atoms in total. The van der Waals surface area contributed by atoms with Gasteiger partial charge < -0.3 is 23.0 Å². The molecule has 0 fully saturated rings. The molecular weight excluding hydrogens is 414 g/mol. The Morgan fingerprint density at radius 1 is 1.06 bits per heavy atom. The normalized spacial score (nSPS) is 12.6. The van der Waals surface area contributed by atoms with Gasteiger partial charge in [-0.1, -0.05) is 66.1 Å². The molecule has 0 aromatic heterocycles. The summed E-state index contributed by atoms with van der Waals surface area (Å²) in [7, 11) is 0. The maximum Gasteiger partial charge on any atom is 0.509 e. The molecule has 1 aliphatic carbocycles. The predicted molar refractivity (Wildman–Crippen MR) is 120 cm³/mol. The molecule has 0 heterocycles. The highest BCUT2D eigenvalue weighted by Crippen LogP contribution is 2.44. The van der Waals surface area contributed by atoms with Crippen molar-refractivity contribution in [2.75, 3.05) is 6.61 Å². The van der Waals surface area contributed by atoms with Gasteiger partial charge in [-0.25, -0.2) is 4.79 Å². The van der Waals surface area contributed by atoms with E-state index in [-0.39, 0.29) is 30.2 Å². The Morgan fingerprint density at radius 3 is 2.22 bits per heavy atom. The average molecular weight is 434 g/mol. The molecule has 0 bridgehead atoms. The van der Waals surface area contributed by atoms with Crippen LogP contribution in [0.5, 0.6) is 0 Å². The monoisotopic (exact) mass is 434 g/mol. The lowest BCUT2D eigenvalue weighted by Crippen LogP contribution is -2.37. The summed E-state index contributed by atoms with van der Waals surface area (Å²) >= 11 is 0. The van der Waals surface area contributed by atoms with E-state index in [0.29, 0.717) is 5.56 Å². The number of nitrogens with one attached hydrogen (secondary N) is 1. The number of halogens is 3. The van der Waals surface area contributed by atoms with E-state index in [1.54, 1.807) is 0 Å². The number of benzene rings is 3. The van der Waals surface area contributed by atoms with Crippen molar-refractivity contribution in [3.8, 4) is 23.5 Å². The van der Waals surface area contributed by atoms with Gasteiger partial charge in [0.15, 0.2) is 0 Å². The molecule has 1 N–H and O–H groups in total. The van der Waals surface area contributed by atoms with Gasteiger partial charge in [0.1, 0.15) is 6.61 Å². The minimum absolute atomic E-state index is 0.0513. The second kappa shape index (κ2) is 8.47. The zero-order chi connectivity index (χ0) is 22.9. The largest absolute Gasteiger partial charge is 0.509 e. The standard InChI is InChI=1S/C25H20BF3NO2/c1-3-17-12-18(16(2)24(13-17)26(27,28)29)14-30-25(31)32-15-23-21-10-6-4-8-19(21)20-9-5-7-11-22(20)23/h1,4-13,23H,14-15H2,2H3,(H,30,31)/q-1. The first-order valence-electron chi connectivity index (χ1n) is 10.2. The number of fused-ring (bicyclic) bond motifs is 3. The number of alkyl carbamates (subject to hydrolysis) is 1. The Balaban J connectivity index is 1.46. The van der Waals surface area contributed by atoms with Crippen molar-refractivity contribution in [3.63, 3.8) is 0 Å². The SMILES string of the molecule is C#Cc1cc(CNC(=O)OCC2c3ccccc3-c3ccccc32)c(C)c([B-](F)(F)F)c1. The number of carbonyl (C=O) groups is 1. The Kier molecular flexibility index (Phi) is 5.71. The minimum atomic E-state index is -5.22. The lowest BCUT2D eigenvalue weighted by Gasteiger charge is -2.21. The van der Waals surface area contributed by atoms with Crippen LogP contribution in [0.3, 0.4) is 0 Å². The van der Waals surface area contributed by atoms with Gasteiger partial charge in [0.2, 0.25) is 0 Å². The van der Waals surface area contributed by atoms with Crippen LogP contribution in [0.2, 0.25) is 0 Å². The number of hydrogen-bond donors (Lipinski definition) is 1. The van der Waals surface area contributed by atoms with Gasteiger partial charge >= 0.3 is 13.1 Å². The Bertz CT molecular complexity index is 1190. The van der Waals surface area contributed by atoms with Crippen molar-refractivity contribution in [1.29, 1.82) is 0 Å². The van der Waals surface area contributed by atoms with Gasteiger partial charge in [0.05, 0.1) is 0 Å². The summed E-state index contributed by atoms with van der Waals surface area (Å²) in [6.45, 7) is -3.83. The van der Waals surface area contributed by atoms with Gasteiger partial charge in [0.25, 0.3) is 0 Å². The maximum atomic E-state index is 13.4. The molecule has 0 spiro atoms. The fourth-order valence-corrected chi connectivity index (χ4v) is 4.22. The highest BCUT2D eigenvalue weighted by Gasteiger charge is 2.30. The Labute approximate surface area is 184 Å². The van der Waals surface area contributed by atoms with Crippen molar-refractivity contribution in [2.24, 2.45) is 0 Å². The molecule has 0 aliphatic heterocycles. The molecule has 4 rings (SSSR count). The lowest BCUT2D eigenvalue weighted by molar-refractivity contribution is 0.142. The van der Waals surface area contributed by atoms with Gasteiger partial charge in [0, 0.05) is 18.0 Å². The van der Waals surface area contributed by atoms with Gasteiger partial charge in [-0.15, -0.1) is 11.9 Å². The molecule has 162 valence electrons. The third-order valence-electron chi connectivity index (χ3n) is 5.84. The van der Waals surface area contributed by atoms with E-state index >= 15 is 0 Å². The summed E-state index contributed by atoms with van der Waals surface area (Å²) in [5.41, 5.74) is 4.12. The maximum absolute atomic E-state index is 13.4. The summed E-state index contributed by atoms with van der Waals surface area (Å²) in [5, 5.41) is 2.55. The van der Waals surface area contributed by atoms with Crippen LogP contribution in [0.15, 0.2) is 60.7 Å². The summed E-state index contributed by atoms with van der Waals surface area (Å²) < 4.78 is 45.5. The minimum Gasteiger partial charge on any atom is -0.449 e. The molecule has 0 saturated heterocycles. The van der Waals surface area contributed by atoms with Crippen LogP contribution in [-0.2, 0) is 11.3 Å². The summed E-state index contributed by atoms with van der Waals surface area (Å²) in [5.74, 6) is 2.14. The zero-order valence-corrected chi connectivity index (χ0v) is 17.4. The average Bonchev–Trinajstić information content (AvgIpc) is 3.10. The van der Waals surface area contributed by atoms with Crippen LogP contribution in [-0.4, -0.2) is 19.7 Å². The van der Waals surface area contributed by atoms with E-state index in [9.17, 15) is 17.7 Å². The van der Waals surface area contributed by atoms with E-state index in [1.807, 2.05) is 48.5 Å². The second-order valence-corrected chi connectivity index (χ2v) is 7.75. The molecule has 3 aromatic carbocycles. The van der Waals surface area contributed by atoms with Crippen molar-refractivity contribution < 1.29 is 22.5 Å². The molecule has 1 amide bonds. The van der Waals surface area contributed by atoms with E-state index in [4.69, 9.17) is 11.2 Å². The molecule has 0 atom stereocenters. The fraction of sp³-hybridized carbons (Fsp3) is 0.160. The van der Waals surface area contributed by atoms with Crippen molar-refractivity contribution in [1.82, 2.24) is 5.32 Å². The zero-order valence-electron chi connectivity index (χ0n) is 17.4. The molecular formula is C25H20BF3NO2-. The number of hydrogen-bond acceptors (Lipinski definition) is 2. The number of rotatable bonds is 5. The van der Waals surface area contributed by atoms with Crippen molar-refractivity contribution in [2.45, 2.75) is 19.4 Å². The van der Waals surface area contributed by atoms with E-state index in [2.05, 4.69) is 11.2 Å². The van der Waals surface area contributed by atoms with Crippen LogP contribution >= 0.6 is 0 Å². The third kappa shape index (κ3) is 4.09. The molecule has 1 aliphatic rings. The summed E-state index contributed by atoms with van der Waals surface area (Å²) in [6, 6.07) is 18.4. The molecule has 0 saturated carbocycles. The van der Waals surface area contributed by atoms with Crippen LogP contribution in [0.4, 0.5) is 17.7 Å². The van der Waals surface area contributed by atoms with Crippen molar-refractivity contribution >= 4 is 18.5 Å². The van der Waals surface area contributed by atoms with E-state index in [1.165, 1.54) is 13.0 Å². The van der Waals surface area contributed by atoms with E-state index < -0.39 is 18.5 Å². The third-order valence-corrected chi connectivity index (χ3v) is 5.84. The lowest BCUT2D eigenvalue weighted by atomic mass is 9.75. The van der Waals surface area contributed by atoms with Crippen molar-refractivity contribution in [3.05, 3.63) is 88.5 Å². The van der Waals surface area contributed by atoms with Gasteiger partial charge in [-0.3, -0.25) is 0 Å².